The van der Waals surface area contributed by atoms with Gasteiger partial charge >= 0.3 is 0 Å². The smallest absolute Gasteiger partial charge is 0.195 e. The van der Waals surface area contributed by atoms with E-state index in [2.05, 4.69) is 29.4 Å². The first-order chi connectivity index (χ1) is 12.2. The van der Waals surface area contributed by atoms with Crippen LogP contribution in [0.3, 0.4) is 0 Å². The largest absolute Gasteiger partial charge is 0.493 e. The van der Waals surface area contributed by atoms with Crippen molar-refractivity contribution in [3.8, 4) is 11.5 Å². The number of nitrogens with zero attached hydrogens (tertiary/aromatic N) is 2. The Morgan fingerprint density at radius 3 is 2.64 bits per heavy atom. The van der Waals surface area contributed by atoms with Gasteiger partial charge in [0.2, 0.25) is 0 Å². The van der Waals surface area contributed by atoms with Gasteiger partial charge in [0.25, 0.3) is 0 Å². The molecule has 0 bridgehead atoms. The van der Waals surface area contributed by atoms with Crippen LogP contribution in [0.15, 0.2) is 23.2 Å². The van der Waals surface area contributed by atoms with Gasteiger partial charge in [-0.15, -0.1) is 0 Å². The molecule has 2 N–H and O–H groups in total. The molecule has 0 radical (unpaired) electrons. The Kier molecular flexibility index (Phi) is 7.85. The van der Waals surface area contributed by atoms with E-state index < -0.39 is 0 Å². The zero-order valence-corrected chi connectivity index (χ0v) is 16.0. The number of ether oxygens (including phenoxy) is 2. The fourth-order valence-corrected chi connectivity index (χ4v) is 2.79. The van der Waals surface area contributed by atoms with Gasteiger partial charge < -0.3 is 20.1 Å². The lowest BCUT2D eigenvalue weighted by Gasteiger charge is -2.19. The Bertz CT molecular complexity index is 558. The Hall–Kier alpha value is -1.95. The number of methoxy groups -OCH3 is 1. The van der Waals surface area contributed by atoms with Crippen LogP contribution in [0.4, 0.5) is 5.69 Å². The van der Waals surface area contributed by atoms with Crippen molar-refractivity contribution in [2.75, 3.05) is 45.2 Å². The van der Waals surface area contributed by atoms with Crippen molar-refractivity contribution >= 4 is 11.6 Å². The monoisotopic (exact) mass is 348 g/mol. The van der Waals surface area contributed by atoms with E-state index >= 15 is 0 Å². The second kappa shape index (κ2) is 10.1. The minimum Gasteiger partial charge on any atom is -0.493 e. The van der Waals surface area contributed by atoms with Gasteiger partial charge in [-0.25, -0.2) is 0 Å². The molecule has 0 amide bonds. The Labute approximate surface area is 151 Å². The highest BCUT2D eigenvalue weighted by Gasteiger charge is 2.27. The van der Waals surface area contributed by atoms with E-state index in [9.17, 15) is 0 Å². The molecule has 2 rings (SSSR count). The van der Waals surface area contributed by atoms with Crippen LogP contribution in [0.5, 0.6) is 11.5 Å². The van der Waals surface area contributed by atoms with Gasteiger partial charge in [0.05, 0.1) is 20.3 Å². The van der Waals surface area contributed by atoms with E-state index in [1.807, 2.05) is 25.1 Å². The molecule has 0 saturated heterocycles. The number of likely N-dealkylation sites (N-methyl/N-ethyl adjacent to an activating group) is 1. The quantitative estimate of drug-likeness (QED) is 0.503. The summed E-state index contributed by atoms with van der Waals surface area (Å²) in [6.07, 6.45) is 2.67. The van der Waals surface area contributed by atoms with Gasteiger partial charge in [0.1, 0.15) is 0 Å². The number of rotatable bonds is 10. The maximum absolute atomic E-state index is 5.56. The molecule has 6 nitrogen and oxygen atoms in total. The van der Waals surface area contributed by atoms with Gasteiger partial charge in [-0.05, 0) is 45.4 Å². The second-order valence-electron chi connectivity index (χ2n) is 6.04. The Balaban J connectivity index is 1.98. The Morgan fingerprint density at radius 1 is 1.24 bits per heavy atom. The van der Waals surface area contributed by atoms with Crippen molar-refractivity contribution in [3.05, 3.63) is 18.2 Å². The topological polar surface area (TPSA) is 58.1 Å². The van der Waals surface area contributed by atoms with Crippen LogP contribution >= 0.6 is 0 Å². The highest BCUT2D eigenvalue weighted by molar-refractivity contribution is 5.93. The van der Waals surface area contributed by atoms with Gasteiger partial charge in [-0.1, -0.05) is 6.92 Å². The number of aliphatic imine (C=N–C) groups is 1. The minimum absolute atomic E-state index is 0.613. The molecule has 1 aliphatic rings. The molecule has 1 fully saturated rings. The summed E-state index contributed by atoms with van der Waals surface area (Å²) < 4.78 is 11.0. The van der Waals surface area contributed by atoms with Crippen LogP contribution in [-0.4, -0.2) is 56.8 Å². The zero-order valence-electron chi connectivity index (χ0n) is 16.0. The average Bonchev–Trinajstić information content (AvgIpc) is 3.45. The number of anilines is 1. The molecule has 25 heavy (non-hydrogen) atoms. The highest BCUT2D eigenvalue weighted by atomic mass is 16.5. The van der Waals surface area contributed by atoms with Crippen molar-refractivity contribution in [2.24, 2.45) is 4.99 Å². The van der Waals surface area contributed by atoms with Gasteiger partial charge in [-0.2, -0.15) is 0 Å². The lowest BCUT2D eigenvalue weighted by atomic mass is 10.2. The number of hydrogen-bond acceptors (Lipinski definition) is 4. The van der Waals surface area contributed by atoms with Crippen LogP contribution in [0.2, 0.25) is 0 Å². The molecule has 1 aromatic rings. The summed E-state index contributed by atoms with van der Waals surface area (Å²) in [4.78, 5) is 7.21. The van der Waals surface area contributed by atoms with Crippen LogP contribution in [0, 0.1) is 0 Å². The molecule has 0 heterocycles. The predicted molar refractivity (Wildman–Crippen MR) is 104 cm³/mol. The lowest BCUT2D eigenvalue weighted by molar-refractivity contribution is 0.286. The fourth-order valence-electron chi connectivity index (χ4n) is 2.79. The first-order valence-electron chi connectivity index (χ1n) is 9.32. The van der Waals surface area contributed by atoms with Crippen molar-refractivity contribution in [1.29, 1.82) is 0 Å². The predicted octanol–water partition coefficient (Wildman–Crippen LogP) is 2.96. The molecule has 0 aromatic heterocycles. The van der Waals surface area contributed by atoms with E-state index in [0.717, 1.165) is 49.6 Å². The summed E-state index contributed by atoms with van der Waals surface area (Å²) in [5, 5.41) is 6.64. The molecule has 0 unspecified atom stereocenters. The number of guanidine groups is 1. The molecular formula is C19H32N4O2. The van der Waals surface area contributed by atoms with Crippen molar-refractivity contribution in [3.63, 3.8) is 0 Å². The van der Waals surface area contributed by atoms with Crippen LogP contribution < -0.4 is 20.1 Å². The second-order valence-corrected chi connectivity index (χ2v) is 6.04. The summed E-state index contributed by atoms with van der Waals surface area (Å²) in [6, 6.07) is 6.61. The summed E-state index contributed by atoms with van der Waals surface area (Å²) in [5.41, 5.74) is 0.926. The first-order valence-corrected chi connectivity index (χ1v) is 9.32. The fraction of sp³-hybridized carbons (Fsp3) is 0.632. The number of benzene rings is 1. The standard InChI is InChI=1S/C19H32N4O2/c1-5-20-19(21-12-13-23(6-2)16-9-10-16)22-15-8-11-17(25-7-3)18(14-15)24-4/h8,11,14,16H,5-7,9-10,12-13H2,1-4H3,(H2,20,21,22). The van der Waals surface area contributed by atoms with Crippen molar-refractivity contribution in [1.82, 2.24) is 10.2 Å². The van der Waals surface area contributed by atoms with E-state index in [0.29, 0.717) is 12.4 Å². The third-order valence-electron chi connectivity index (χ3n) is 4.20. The van der Waals surface area contributed by atoms with Crippen LogP contribution in [0.1, 0.15) is 33.6 Å². The van der Waals surface area contributed by atoms with E-state index in [1.165, 1.54) is 12.8 Å². The molecular weight excluding hydrogens is 316 g/mol. The third-order valence-corrected chi connectivity index (χ3v) is 4.20. The molecule has 0 aliphatic heterocycles. The average molecular weight is 348 g/mol. The van der Waals surface area contributed by atoms with Crippen LogP contribution in [-0.2, 0) is 0 Å². The van der Waals surface area contributed by atoms with E-state index in [1.54, 1.807) is 7.11 Å². The minimum atomic E-state index is 0.613. The summed E-state index contributed by atoms with van der Waals surface area (Å²) in [7, 11) is 1.65. The van der Waals surface area contributed by atoms with E-state index in [-0.39, 0.29) is 0 Å². The number of hydrogen-bond donors (Lipinski definition) is 2. The molecule has 1 aliphatic carbocycles. The Morgan fingerprint density at radius 2 is 2.04 bits per heavy atom. The zero-order chi connectivity index (χ0) is 18.1. The SMILES string of the molecule is CCNC(=NCCN(CC)C1CC1)Nc1ccc(OCC)c(OC)c1. The normalized spacial score (nSPS) is 14.5. The van der Waals surface area contributed by atoms with Gasteiger partial charge in [0, 0.05) is 30.9 Å². The molecule has 0 atom stereocenters. The van der Waals surface area contributed by atoms with Gasteiger partial charge in [-0.3, -0.25) is 9.89 Å². The first kappa shape index (κ1) is 19.4. The molecule has 1 aromatic carbocycles. The maximum Gasteiger partial charge on any atom is 0.195 e. The number of nitrogens with one attached hydrogen (secondary N) is 2. The van der Waals surface area contributed by atoms with E-state index in [4.69, 9.17) is 14.5 Å². The molecule has 0 spiro atoms. The van der Waals surface area contributed by atoms with Crippen LogP contribution in [0.25, 0.3) is 0 Å². The molecule has 140 valence electrons. The molecule has 1 saturated carbocycles. The van der Waals surface area contributed by atoms with Crippen molar-refractivity contribution < 1.29 is 9.47 Å². The molecule has 6 heteroatoms. The highest BCUT2D eigenvalue weighted by Crippen LogP contribution is 2.30. The lowest BCUT2D eigenvalue weighted by Crippen LogP contribution is -2.33. The summed E-state index contributed by atoms with van der Waals surface area (Å²) >= 11 is 0. The van der Waals surface area contributed by atoms with Crippen molar-refractivity contribution in [2.45, 2.75) is 39.7 Å². The third kappa shape index (κ3) is 6.12. The maximum atomic E-state index is 5.56. The van der Waals surface area contributed by atoms with Gasteiger partial charge in [0.15, 0.2) is 17.5 Å². The summed E-state index contributed by atoms with van der Waals surface area (Å²) in [6.45, 7) is 10.6. The summed E-state index contributed by atoms with van der Waals surface area (Å²) in [5.74, 6) is 2.26.